The van der Waals surface area contributed by atoms with Crippen LogP contribution >= 0.6 is 0 Å². The SMILES string of the molecule is CC(NS(=O)(=O)N1CCCOCC1)c1cnn(CC2CCC2)c1. The summed E-state index contributed by atoms with van der Waals surface area (Å²) in [5.41, 5.74) is 0.902. The van der Waals surface area contributed by atoms with E-state index in [0.717, 1.165) is 24.4 Å². The molecule has 0 amide bonds. The molecular formula is C15H26N4O3S. The van der Waals surface area contributed by atoms with Gasteiger partial charge in [0.1, 0.15) is 0 Å². The predicted octanol–water partition coefficient (Wildman–Crippen LogP) is 1.30. The lowest BCUT2D eigenvalue weighted by Crippen LogP contribution is -2.42. The number of aromatic nitrogens is 2. The Morgan fingerprint density at radius 1 is 1.35 bits per heavy atom. The second-order valence-corrected chi connectivity index (χ2v) is 8.20. The number of ether oxygens (including phenoxy) is 1. The summed E-state index contributed by atoms with van der Waals surface area (Å²) in [5.74, 6) is 0.729. The van der Waals surface area contributed by atoms with Crippen LogP contribution in [0.3, 0.4) is 0 Å². The predicted molar refractivity (Wildman–Crippen MR) is 87.0 cm³/mol. The van der Waals surface area contributed by atoms with E-state index in [1.54, 1.807) is 6.20 Å². The summed E-state index contributed by atoms with van der Waals surface area (Å²) in [5, 5.41) is 4.36. The van der Waals surface area contributed by atoms with Crippen LogP contribution < -0.4 is 4.72 Å². The number of nitrogens with one attached hydrogen (secondary N) is 1. The zero-order valence-corrected chi connectivity index (χ0v) is 14.5. The molecule has 1 aromatic rings. The molecule has 1 atom stereocenters. The summed E-state index contributed by atoms with van der Waals surface area (Å²) in [6.45, 7) is 4.77. The molecule has 1 saturated carbocycles. The van der Waals surface area contributed by atoms with Gasteiger partial charge < -0.3 is 4.74 Å². The van der Waals surface area contributed by atoms with E-state index in [0.29, 0.717) is 26.3 Å². The lowest BCUT2D eigenvalue weighted by molar-refractivity contribution is 0.148. The Labute approximate surface area is 138 Å². The average molecular weight is 342 g/mol. The lowest BCUT2D eigenvalue weighted by Gasteiger charge is -2.25. The molecule has 23 heavy (non-hydrogen) atoms. The van der Waals surface area contributed by atoms with Gasteiger partial charge in [-0.15, -0.1) is 0 Å². The van der Waals surface area contributed by atoms with Crippen LogP contribution in [0.25, 0.3) is 0 Å². The van der Waals surface area contributed by atoms with Crippen LogP contribution in [-0.2, 0) is 21.5 Å². The zero-order valence-electron chi connectivity index (χ0n) is 13.6. The van der Waals surface area contributed by atoms with Gasteiger partial charge in [-0.25, -0.2) is 0 Å². The molecule has 1 aliphatic carbocycles. The largest absolute Gasteiger partial charge is 0.380 e. The van der Waals surface area contributed by atoms with E-state index in [1.165, 1.54) is 23.6 Å². The first-order valence-electron chi connectivity index (χ1n) is 8.42. The highest BCUT2D eigenvalue weighted by Gasteiger charge is 2.26. The van der Waals surface area contributed by atoms with Crippen LogP contribution in [0.1, 0.15) is 44.2 Å². The molecule has 1 N–H and O–H groups in total. The molecule has 3 rings (SSSR count). The molecule has 2 heterocycles. The first kappa shape index (κ1) is 16.9. The fourth-order valence-electron chi connectivity index (χ4n) is 2.97. The molecule has 130 valence electrons. The van der Waals surface area contributed by atoms with Crippen LogP contribution in [0.5, 0.6) is 0 Å². The Bertz CT molecular complexity index is 604. The van der Waals surface area contributed by atoms with Gasteiger partial charge in [0.2, 0.25) is 0 Å². The van der Waals surface area contributed by atoms with Crippen molar-refractivity contribution in [3.63, 3.8) is 0 Å². The molecule has 1 aromatic heterocycles. The standard InChI is InChI=1S/C15H26N4O3S/c1-13(15-10-16-18(12-15)11-14-4-2-5-14)17-23(20,21)19-6-3-8-22-9-7-19/h10,12-14,17H,2-9,11H2,1H3. The molecule has 7 nitrogen and oxygen atoms in total. The van der Waals surface area contributed by atoms with E-state index in [9.17, 15) is 8.42 Å². The first-order chi connectivity index (χ1) is 11.0. The first-order valence-corrected chi connectivity index (χ1v) is 9.86. The van der Waals surface area contributed by atoms with E-state index in [-0.39, 0.29) is 6.04 Å². The Kier molecular flexibility index (Phi) is 5.35. The van der Waals surface area contributed by atoms with Crippen molar-refractivity contribution in [2.75, 3.05) is 26.3 Å². The molecule has 8 heteroatoms. The molecule has 1 saturated heterocycles. The summed E-state index contributed by atoms with van der Waals surface area (Å²) in [4.78, 5) is 0. The minimum absolute atomic E-state index is 0.292. The highest BCUT2D eigenvalue weighted by molar-refractivity contribution is 7.87. The third-order valence-corrected chi connectivity index (χ3v) is 6.37. The van der Waals surface area contributed by atoms with E-state index in [2.05, 4.69) is 9.82 Å². The maximum absolute atomic E-state index is 12.5. The quantitative estimate of drug-likeness (QED) is 0.845. The van der Waals surface area contributed by atoms with E-state index in [1.807, 2.05) is 17.8 Å². The molecule has 0 bridgehead atoms. The maximum Gasteiger partial charge on any atom is 0.280 e. The Hall–Kier alpha value is -0.960. The molecule has 0 aromatic carbocycles. The number of hydrogen-bond acceptors (Lipinski definition) is 4. The maximum atomic E-state index is 12.5. The molecular weight excluding hydrogens is 316 g/mol. The van der Waals surface area contributed by atoms with Gasteiger partial charge in [-0.2, -0.15) is 22.5 Å². The van der Waals surface area contributed by atoms with Gasteiger partial charge in [0.25, 0.3) is 10.2 Å². The summed E-state index contributed by atoms with van der Waals surface area (Å²) in [6.07, 6.45) is 8.31. The van der Waals surface area contributed by atoms with Gasteiger partial charge in [-0.1, -0.05) is 6.42 Å². The summed E-state index contributed by atoms with van der Waals surface area (Å²) in [7, 11) is -3.50. The Morgan fingerprint density at radius 3 is 2.91 bits per heavy atom. The monoisotopic (exact) mass is 342 g/mol. The van der Waals surface area contributed by atoms with Crippen molar-refractivity contribution in [1.29, 1.82) is 0 Å². The van der Waals surface area contributed by atoms with E-state index >= 15 is 0 Å². The van der Waals surface area contributed by atoms with Crippen LogP contribution in [0.15, 0.2) is 12.4 Å². The molecule has 0 spiro atoms. The summed E-state index contributed by atoms with van der Waals surface area (Å²) < 4.78 is 36.5. The van der Waals surface area contributed by atoms with Crippen molar-refractivity contribution in [2.24, 2.45) is 5.92 Å². The summed E-state index contributed by atoms with van der Waals surface area (Å²) >= 11 is 0. The average Bonchev–Trinajstić information content (AvgIpc) is 2.74. The number of rotatable bonds is 6. The second kappa shape index (κ2) is 7.29. The molecule has 2 aliphatic rings. The molecule has 1 unspecified atom stereocenters. The fourth-order valence-corrected chi connectivity index (χ4v) is 4.39. The van der Waals surface area contributed by atoms with Crippen molar-refractivity contribution < 1.29 is 13.2 Å². The molecule has 2 fully saturated rings. The van der Waals surface area contributed by atoms with Gasteiger partial charge in [0, 0.05) is 44.0 Å². The minimum Gasteiger partial charge on any atom is -0.380 e. The van der Waals surface area contributed by atoms with Gasteiger partial charge in [-0.3, -0.25) is 4.68 Å². The van der Waals surface area contributed by atoms with Gasteiger partial charge >= 0.3 is 0 Å². The van der Waals surface area contributed by atoms with Crippen LogP contribution in [-0.4, -0.2) is 48.8 Å². The van der Waals surface area contributed by atoms with Crippen LogP contribution in [0, 0.1) is 5.92 Å². The van der Waals surface area contributed by atoms with Crippen molar-refractivity contribution in [3.05, 3.63) is 18.0 Å². The smallest absolute Gasteiger partial charge is 0.280 e. The van der Waals surface area contributed by atoms with Crippen LogP contribution in [0.4, 0.5) is 0 Å². The summed E-state index contributed by atoms with van der Waals surface area (Å²) in [6, 6.07) is -0.292. The second-order valence-electron chi connectivity index (χ2n) is 6.50. The topological polar surface area (TPSA) is 76.5 Å². The van der Waals surface area contributed by atoms with E-state index < -0.39 is 10.2 Å². The van der Waals surface area contributed by atoms with Crippen molar-refractivity contribution in [3.8, 4) is 0 Å². The lowest BCUT2D eigenvalue weighted by atomic mass is 9.85. The highest BCUT2D eigenvalue weighted by Crippen LogP contribution is 2.28. The van der Waals surface area contributed by atoms with Crippen LogP contribution in [0.2, 0.25) is 0 Å². The fraction of sp³-hybridized carbons (Fsp3) is 0.800. The van der Waals surface area contributed by atoms with Crippen molar-refractivity contribution in [1.82, 2.24) is 18.8 Å². The van der Waals surface area contributed by atoms with Gasteiger partial charge in [-0.05, 0) is 32.1 Å². The Morgan fingerprint density at radius 2 is 2.17 bits per heavy atom. The normalized spacial score (nSPS) is 22.5. The van der Waals surface area contributed by atoms with Gasteiger partial charge in [0.15, 0.2) is 0 Å². The zero-order chi connectivity index (χ0) is 16.3. The number of nitrogens with zero attached hydrogens (tertiary/aromatic N) is 3. The van der Waals surface area contributed by atoms with Crippen molar-refractivity contribution >= 4 is 10.2 Å². The molecule has 0 radical (unpaired) electrons. The van der Waals surface area contributed by atoms with E-state index in [4.69, 9.17) is 4.74 Å². The van der Waals surface area contributed by atoms with Gasteiger partial charge in [0.05, 0.1) is 12.8 Å². The molecule has 1 aliphatic heterocycles. The third-order valence-electron chi connectivity index (χ3n) is 4.67. The minimum atomic E-state index is -3.50. The third kappa shape index (κ3) is 4.32. The number of hydrogen-bond donors (Lipinski definition) is 1. The Balaban J connectivity index is 1.59. The highest BCUT2D eigenvalue weighted by atomic mass is 32.2. The van der Waals surface area contributed by atoms with Crippen molar-refractivity contribution in [2.45, 2.75) is 45.2 Å².